The van der Waals surface area contributed by atoms with E-state index >= 15 is 0 Å². The van der Waals surface area contributed by atoms with Crippen LogP contribution in [0.2, 0.25) is 5.02 Å². The lowest BCUT2D eigenvalue weighted by Crippen LogP contribution is -2.34. The van der Waals surface area contributed by atoms with Crippen LogP contribution in [-0.4, -0.2) is 24.0 Å². The molecule has 0 bridgehead atoms. The lowest BCUT2D eigenvalue weighted by atomic mass is 9.98. The first-order valence-corrected chi connectivity index (χ1v) is 10.8. The van der Waals surface area contributed by atoms with Gasteiger partial charge in [0.25, 0.3) is 0 Å². The number of halogens is 2. The molecule has 4 nitrogen and oxygen atoms in total. The maximum absolute atomic E-state index is 13.2. The molecule has 0 atom stereocenters. The zero-order valence-electron chi connectivity index (χ0n) is 17.5. The van der Waals surface area contributed by atoms with Crippen LogP contribution in [0.15, 0.2) is 60.4 Å². The Morgan fingerprint density at radius 3 is 2.72 bits per heavy atom. The van der Waals surface area contributed by atoms with Crippen molar-refractivity contribution in [1.82, 2.24) is 4.90 Å². The normalized spacial score (nSPS) is 16.5. The number of hydrogen-bond donors (Lipinski definition) is 0. The Kier molecular flexibility index (Phi) is 5.45. The number of hydrogen-bond acceptors (Lipinski definition) is 4. The Bertz CT molecular complexity index is 1240. The van der Waals surface area contributed by atoms with Crippen LogP contribution < -0.4 is 9.47 Å². The summed E-state index contributed by atoms with van der Waals surface area (Å²) in [4.78, 5) is 15.2. The number of allylic oxidation sites excluding steroid dienone is 1. The first-order valence-electron chi connectivity index (χ1n) is 10.4. The standard InChI is InChI=1S/C26H21ClFNO3/c1-16-12-22-20(14-29(15-31-22)11-10-18-4-2-3-5-21(18)27)26-24(16)25(30)23(32-26)13-17-6-8-19(28)9-7-17/h2-9,12-13H,10-11,14-15H2,1H3/b23-13-. The van der Waals surface area contributed by atoms with Crippen molar-refractivity contribution in [3.63, 3.8) is 0 Å². The maximum atomic E-state index is 13.2. The van der Waals surface area contributed by atoms with Crippen LogP contribution in [0.3, 0.4) is 0 Å². The van der Waals surface area contributed by atoms with Crippen molar-refractivity contribution in [2.45, 2.75) is 19.9 Å². The van der Waals surface area contributed by atoms with E-state index in [1.807, 2.05) is 37.3 Å². The number of carbonyl (C=O) groups is 1. The molecule has 3 aromatic rings. The van der Waals surface area contributed by atoms with Crippen molar-refractivity contribution in [3.8, 4) is 11.5 Å². The zero-order chi connectivity index (χ0) is 22.2. The van der Waals surface area contributed by atoms with Crippen molar-refractivity contribution in [2.75, 3.05) is 13.3 Å². The van der Waals surface area contributed by atoms with E-state index in [9.17, 15) is 9.18 Å². The van der Waals surface area contributed by atoms with Crippen molar-refractivity contribution < 1.29 is 18.7 Å². The number of ether oxygens (including phenoxy) is 2. The Morgan fingerprint density at radius 1 is 1.16 bits per heavy atom. The molecule has 0 saturated heterocycles. The molecule has 0 N–H and O–H groups in total. The fourth-order valence-corrected chi connectivity index (χ4v) is 4.34. The van der Waals surface area contributed by atoms with Crippen molar-refractivity contribution >= 4 is 23.5 Å². The highest BCUT2D eigenvalue weighted by atomic mass is 35.5. The number of Topliss-reactive ketones (excluding diaryl/α,β-unsaturated/α-hetero) is 1. The van der Waals surface area contributed by atoms with Crippen LogP contribution in [0.5, 0.6) is 11.5 Å². The Labute approximate surface area is 190 Å². The topological polar surface area (TPSA) is 38.8 Å². The Balaban J connectivity index is 1.40. The molecule has 0 amide bonds. The van der Waals surface area contributed by atoms with Crippen LogP contribution in [0, 0.1) is 12.7 Å². The SMILES string of the molecule is Cc1cc2c(c3c1C(=O)/C(=C/c1ccc(F)cc1)O3)CN(CCc1ccccc1Cl)CO2. The highest BCUT2D eigenvalue weighted by Crippen LogP contribution is 2.44. The molecular formula is C26H21ClFNO3. The number of fused-ring (bicyclic) bond motifs is 3. The largest absolute Gasteiger partial charge is 0.478 e. The summed E-state index contributed by atoms with van der Waals surface area (Å²) in [6.07, 6.45) is 2.44. The molecule has 162 valence electrons. The quantitative estimate of drug-likeness (QED) is 0.472. The third-order valence-corrected chi connectivity index (χ3v) is 6.18. The van der Waals surface area contributed by atoms with Gasteiger partial charge in [-0.25, -0.2) is 4.39 Å². The number of ketones is 1. The van der Waals surface area contributed by atoms with Gasteiger partial charge in [0.15, 0.2) is 5.76 Å². The van der Waals surface area contributed by atoms with Crippen LogP contribution in [0.25, 0.3) is 6.08 Å². The van der Waals surface area contributed by atoms with Gasteiger partial charge in [-0.3, -0.25) is 9.69 Å². The van der Waals surface area contributed by atoms with Gasteiger partial charge in [0.05, 0.1) is 11.1 Å². The molecule has 6 heteroatoms. The number of carbonyl (C=O) groups excluding carboxylic acids is 1. The molecule has 0 fully saturated rings. The van der Waals surface area contributed by atoms with Crippen LogP contribution in [0.4, 0.5) is 4.39 Å². The predicted octanol–water partition coefficient (Wildman–Crippen LogP) is 5.80. The Morgan fingerprint density at radius 2 is 1.94 bits per heavy atom. The highest BCUT2D eigenvalue weighted by Gasteiger charge is 2.35. The maximum Gasteiger partial charge on any atom is 0.232 e. The fraction of sp³-hybridized carbons (Fsp3) is 0.192. The summed E-state index contributed by atoms with van der Waals surface area (Å²) in [5.41, 5.74) is 4.04. The van der Waals surface area contributed by atoms with Gasteiger partial charge in [-0.1, -0.05) is 41.9 Å². The molecule has 0 saturated carbocycles. The third-order valence-electron chi connectivity index (χ3n) is 5.81. The minimum Gasteiger partial charge on any atom is -0.478 e. The molecule has 5 rings (SSSR count). The van der Waals surface area contributed by atoms with E-state index in [0.29, 0.717) is 30.2 Å². The number of aryl methyl sites for hydroxylation is 1. The molecule has 0 spiro atoms. The lowest BCUT2D eigenvalue weighted by molar-refractivity contribution is 0.0949. The summed E-state index contributed by atoms with van der Waals surface area (Å²) in [7, 11) is 0. The molecular weight excluding hydrogens is 429 g/mol. The first kappa shape index (κ1) is 20.7. The van der Waals surface area contributed by atoms with E-state index in [1.54, 1.807) is 18.2 Å². The minimum absolute atomic E-state index is 0.169. The number of benzene rings is 3. The van der Waals surface area contributed by atoms with Crippen LogP contribution >= 0.6 is 11.6 Å². The van der Waals surface area contributed by atoms with E-state index in [2.05, 4.69) is 4.90 Å². The van der Waals surface area contributed by atoms with E-state index in [-0.39, 0.29) is 17.4 Å². The highest BCUT2D eigenvalue weighted by molar-refractivity contribution is 6.31. The number of rotatable bonds is 4. The minimum atomic E-state index is -0.326. The Hall–Kier alpha value is -3.15. The van der Waals surface area contributed by atoms with Gasteiger partial charge in [-0.15, -0.1) is 0 Å². The second-order valence-electron chi connectivity index (χ2n) is 8.03. The molecule has 0 unspecified atom stereocenters. The van der Waals surface area contributed by atoms with Crippen LogP contribution in [0.1, 0.15) is 32.6 Å². The molecule has 32 heavy (non-hydrogen) atoms. The van der Waals surface area contributed by atoms with Gasteiger partial charge < -0.3 is 9.47 Å². The van der Waals surface area contributed by atoms with E-state index in [1.165, 1.54) is 12.1 Å². The summed E-state index contributed by atoms with van der Waals surface area (Å²) < 4.78 is 25.3. The summed E-state index contributed by atoms with van der Waals surface area (Å²) in [5.74, 6) is 1.04. The molecule has 0 aliphatic carbocycles. The van der Waals surface area contributed by atoms with Gasteiger partial charge in [-0.2, -0.15) is 0 Å². The van der Waals surface area contributed by atoms with Crippen molar-refractivity contribution in [1.29, 1.82) is 0 Å². The third kappa shape index (κ3) is 3.90. The molecule has 2 aliphatic heterocycles. The fourth-order valence-electron chi connectivity index (χ4n) is 4.11. The predicted molar refractivity (Wildman–Crippen MR) is 122 cm³/mol. The summed E-state index contributed by atoms with van der Waals surface area (Å²) in [5, 5.41) is 0.756. The van der Waals surface area contributed by atoms with Gasteiger partial charge in [0, 0.05) is 18.1 Å². The summed E-state index contributed by atoms with van der Waals surface area (Å²) in [6, 6.07) is 15.7. The smallest absolute Gasteiger partial charge is 0.232 e. The second-order valence-corrected chi connectivity index (χ2v) is 8.44. The van der Waals surface area contributed by atoms with Crippen molar-refractivity contribution in [2.24, 2.45) is 0 Å². The van der Waals surface area contributed by atoms with Crippen molar-refractivity contribution in [3.05, 3.63) is 99.0 Å². The average Bonchev–Trinajstić information content (AvgIpc) is 3.12. The van der Waals surface area contributed by atoms with Gasteiger partial charge in [0.2, 0.25) is 5.78 Å². The molecule has 0 radical (unpaired) electrons. The molecule has 3 aromatic carbocycles. The first-order chi connectivity index (χ1) is 15.5. The summed E-state index contributed by atoms with van der Waals surface area (Å²) in [6.45, 7) is 3.72. The molecule has 2 heterocycles. The lowest BCUT2D eigenvalue weighted by Gasteiger charge is -2.30. The van der Waals surface area contributed by atoms with Gasteiger partial charge in [-0.05, 0) is 60.4 Å². The molecule has 2 aliphatic rings. The molecule has 0 aromatic heterocycles. The second kappa shape index (κ2) is 8.41. The average molecular weight is 450 g/mol. The van der Waals surface area contributed by atoms with Crippen LogP contribution in [-0.2, 0) is 13.0 Å². The van der Waals surface area contributed by atoms with Gasteiger partial charge >= 0.3 is 0 Å². The van der Waals surface area contributed by atoms with Gasteiger partial charge in [0.1, 0.15) is 24.0 Å². The monoisotopic (exact) mass is 449 g/mol. The van der Waals surface area contributed by atoms with E-state index in [4.69, 9.17) is 21.1 Å². The zero-order valence-corrected chi connectivity index (χ0v) is 18.3. The van der Waals surface area contributed by atoms with E-state index in [0.717, 1.165) is 40.4 Å². The van der Waals surface area contributed by atoms with E-state index < -0.39 is 0 Å². The summed E-state index contributed by atoms with van der Waals surface area (Å²) >= 11 is 6.29. The number of nitrogens with zero attached hydrogens (tertiary/aromatic N) is 1.